The third kappa shape index (κ3) is 5.65. The van der Waals surface area contributed by atoms with Crippen molar-refractivity contribution in [3.05, 3.63) is 36.5 Å². The van der Waals surface area contributed by atoms with Gasteiger partial charge in [0.05, 0.1) is 12.1 Å². The van der Waals surface area contributed by atoms with Gasteiger partial charge in [0.25, 0.3) is 0 Å². The molecule has 2 aromatic heterocycles. The minimum absolute atomic E-state index is 0.0425. The van der Waals surface area contributed by atoms with Crippen molar-refractivity contribution in [1.82, 2.24) is 19.5 Å². The third-order valence-corrected chi connectivity index (χ3v) is 5.38. The molecule has 1 aliphatic rings. The van der Waals surface area contributed by atoms with Crippen molar-refractivity contribution in [3.8, 4) is 22.8 Å². The number of aliphatic hydroxyl groups excluding tert-OH is 1. The fourth-order valence-corrected chi connectivity index (χ4v) is 4.03. The van der Waals surface area contributed by atoms with Crippen LogP contribution in [0.2, 0.25) is 0 Å². The van der Waals surface area contributed by atoms with Gasteiger partial charge in [-0.2, -0.15) is 8.78 Å². The van der Waals surface area contributed by atoms with Gasteiger partial charge in [-0.05, 0) is 43.7 Å². The van der Waals surface area contributed by atoms with Gasteiger partial charge in [-0.1, -0.05) is 0 Å². The van der Waals surface area contributed by atoms with Gasteiger partial charge < -0.3 is 19.9 Å². The largest absolute Gasteiger partial charge is 0.573 e. The molecule has 1 atom stereocenters. The Bertz CT molecular complexity index is 1120. The highest BCUT2D eigenvalue weighted by molar-refractivity contribution is 5.81. The van der Waals surface area contributed by atoms with Gasteiger partial charge in [0.2, 0.25) is 5.95 Å². The molecule has 1 aliphatic heterocycles. The normalized spacial score (nSPS) is 17.3. The van der Waals surface area contributed by atoms with E-state index < -0.39 is 24.5 Å². The van der Waals surface area contributed by atoms with Gasteiger partial charge in [0.15, 0.2) is 0 Å². The average molecular weight is 487 g/mol. The molecule has 1 aromatic carbocycles. The van der Waals surface area contributed by atoms with E-state index >= 15 is 0 Å². The van der Waals surface area contributed by atoms with Crippen molar-refractivity contribution >= 4 is 11.5 Å². The van der Waals surface area contributed by atoms with Gasteiger partial charge in [-0.25, -0.2) is 0 Å². The van der Waals surface area contributed by atoms with Gasteiger partial charge in [-0.3, -0.25) is 9.30 Å². The summed E-state index contributed by atoms with van der Waals surface area (Å²) in [5, 5.41) is 20.8. The molecule has 13 heteroatoms. The van der Waals surface area contributed by atoms with Crippen LogP contribution in [-0.2, 0) is 0 Å². The molecule has 34 heavy (non-hydrogen) atoms. The zero-order chi connectivity index (χ0) is 24.3. The van der Waals surface area contributed by atoms with Crippen molar-refractivity contribution in [2.24, 2.45) is 0 Å². The first-order valence-corrected chi connectivity index (χ1v) is 10.5. The number of ether oxygens (including phenoxy) is 2. The summed E-state index contributed by atoms with van der Waals surface area (Å²) in [5.41, 5.74) is 0.424. The molecule has 0 bridgehead atoms. The molecule has 0 amide bonds. The van der Waals surface area contributed by atoms with E-state index in [1.54, 1.807) is 22.7 Å². The highest BCUT2D eigenvalue weighted by Gasteiger charge is 2.33. The number of likely N-dealkylation sites (tertiary alicyclic amines) is 1. The highest BCUT2D eigenvalue weighted by atomic mass is 19.4. The summed E-state index contributed by atoms with van der Waals surface area (Å²) in [7, 11) is 0. The van der Waals surface area contributed by atoms with Crippen molar-refractivity contribution in [2.45, 2.75) is 31.9 Å². The number of β-amino-alcohol motifs (C(OH)–C–C–N with tert-alkyl or cyclic N) is 1. The van der Waals surface area contributed by atoms with E-state index in [4.69, 9.17) is 0 Å². The first-order chi connectivity index (χ1) is 16.2. The molecule has 1 fully saturated rings. The van der Waals surface area contributed by atoms with Crippen LogP contribution >= 0.6 is 0 Å². The number of fused-ring (bicyclic) bond motifs is 1. The van der Waals surface area contributed by atoms with Crippen LogP contribution in [0.4, 0.5) is 27.9 Å². The lowest BCUT2D eigenvalue weighted by Crippen LogP contribution is -2.43. The Labute approximate surface area is 190 Å². The molecule has 4 rings (SSSR count). The van der Waals surface area contributed by atoms with Crippen LogP contribution in [-0.4, -0.2) is 69.9 Å². The maximum absolute atomic E-state index is 13.0. The topological polar surface area (TPSA) is 84.2 Å². The maximum atomic E-state index is 13.0. The number of piperidine rings is 1. The van der Waals surface area contributed by atoms with E-state index in [1.807, 2.05) is 0 Å². The van der Waals surface area contributed by atoms with Crippen LogP contribution in [0.1, 0.15) is 12.8 Å². The second-order valence-electron chi connectivity index (χ2n) is 7.73. The molecule has 3 heterocycles. The number of halogens is 5. The molecule has 1 saturated heterocycles. The number of hydrogen-bond acceptors (Lipinski definition) is 7. The van der Waals surface area contributed by atoms with Crippen LogP contribution in [0.3, 0.4) is 0 Å². The van der Waals surface area contributed by atoms with E-state index in [0.717, 1.165) is 37.6 Å². The van der Waals surface area contributed by atoms with E-state index in [1.165, 1.54) is 0 Å². The first-order valence-electron chi connectivity index (χ1n) is 10.5. The number of nitrogens with zero attached hydrogens (tertiary/aromatic N) is 4. The maximum Gasteiger partial charge on any atom is 0.573 e. The second-order valence-corrected chi connectivity index (χ2v) is 7.73. The smallest absolute Gasteiger partial charge is 0.435 e. The quantitative estimate of drug-likeness (QED) is 0.468. The summed E-state index contributed by atoms with van der Waals surface area (Å²) in [6, 6.07) is 6.38. The Balaban J connectivity index is 1.67. The minimum atomic E-state index is -5.06. The Kier molecular flexibility index (Phi) is 7.03. The van der Waals surface area contributed by atoms with E-state index in [2.05, 4.69) is 29.9 Å². The molecule has 0 saturated carbocycles. The van der Waals surface area contributed by atoms with Crippen LogP contribution < -0.4 is 14.8 Å². The van der Waals surface area contributed by atoms with Crippen LogP contribution in [0, 0.1) is 0 Å². The number of alkyl halides is 5. The van der Waals surface area contributed by atoms with Crippen molar-refractivity contribution in [1.29, 1.82) is 0 Å². The average Bonchev–Trinajstić information content (AvgIpc) is 3.24. The van der Waals surface area contributed by atoms with E-state index in [0.29, 0.717) is 24.6 Å². The summed E-state index contributed by atoms with van der Waals surface area (Å²) < 4.78 is 74.1. The Morgan fingerprint density at radius 2 is 2.03 bits per heavy atom. The fraction of sp³-hybridized carbons (Fsp3) is 0.429. The lowest BCUT2D eigenvalue weighted by Gasteiger charge is -2.32. The molecule has 0 unspecified atom stereocenters. The molecule has 3 aromatic rings. The summed E-state index contributed by atoms with van der Waals surface area (Å²) >= 11 is 0. The van der Waals surface area contributed by atoms with Crippen molar-refractivity contribution in [3.63, 3.8) is 0 Å². The Morgan fingerprint density at radius 3 is 2.76 bits per heavy atom. The number of benzene rings is 1. The molecule has 0 spiro atoms. The monoisotopic (exact) mass is 487 g/mol. The number of anilines is 1. The number of hydrogen-bond donors (Lipinski definition) is 2. The molecule has 184 valence electrons. The SMILES string of the molecule is OCCN1CCC[C@@H](Nc2nnc(-c3ccc(OC(F)F)cc3OC(F)(F)F)c3cccn23)C1. The number of aromatic nitrogens is 3. The van der Waals surface area contributed by atoms with Crippen molar-refractivity contribution in [2.75, 3.05) is 31.6 Å². The second kappa shape index (κ2) is 9.97. The van der Waals surface area contributed by atoms with Gasteiger partial charge >= 0.3 is 13.0 Å². The lowest BCUT2D eigenvalue weighted by atomic mass is 10.1. The standard InChI is InChI=1S/C21H22F5N5O3/c22-19(23)33-14-5-6-15(17(11-14)34-21(24,25)26)18-16-4-2-8-31(16)20(29-28-18)27-13-3-1-7-30(12-13)9-10-32/h2,4-6,8,11,13,19,32H,1,3,7,9-10,12H2,(H,27,29)/t13-/m1/s1. The van der Waals surface area contributed by atoms with E-state index in [-0.39, 0.29) is 23.9 Å². The Hall–Kier alpha value is -3.19. The highest BCUT2D eigenvalue weighted by Crippen LogP contribution is 2.38. The number of rotatable bonds is 8. The van der Waals surface area contributed by atoms with Gasteiger partial charge in [0, 0.05) is 37.0 Å². The summed E-state index contributed by atoms with van der Waals surface area (Å²) in [5.74, 6) is -0.827. The number of aliphatic hydroxyl groups is 1. The lowest BCUT2D eigenvalue weighted by molar-refractivity contribution is -0.274. The third-order valence-electron chi connectivity index (χ3n) is 5.38. The summed E-state index contributed by atoms with van der Waals surface area (Å²) in [4.78, 5) is 2.12. The minimum Gasteiger partial charge on any atom is -0.435 e. The molecule has 0 radical (unpaired) electrons. The predicted octanol–water partition coefficient (Wildman–Crippen LogP) is 3.76. The van der Waals surface area contributed by atoms with Crippen LogP contribution in [0.15, 0.2) is 36.5 Å². The molecular weight excluding hydrogens is 465 g/mol. The zero-order valence-corrected chi connectivity index (χ0v) is 17.8. The predicted molar refractivity (Wildman–Crippen MR) is 112 cm³/mol. The molecular formula is C21H22F5N5O3. The van der Waals surface area contributed by atoms with Crippen molar-refractivity contribution < 1.29 is 36.5 Å². The molecule has 0 aliphatic carbocycles. The van der Waals surface area contributed by atoms with Gasteiger partial charge in [0.1, 0.15) is 17.2 Å². The fourth-order valence-electron chi connectivity index (χ4n) is 4.03. The number of nitrogens with one attached hydrogen (secondary N) is 1. The zero-order valence-electron chi connectivity index (χ0n) is 17.8. The van der Waals surface area contributed by atoms with Crippen LogP contribution in [0.5, 0.6) is 11.5 Å². The Morgan fingerprint density at radius 1 is 1.21 bits per heavy atom. The van der Waals surface area contributed by atoms with E-state index in [9.17, 15) is 27.1 Å². The first kappa shape index (κ1) is 24.0. The molecule has 2 N–H and O–H groups in total. The summed E-state index contributed by atoms with van der Waals surface area (Å²) in [6.45, 7) is -1.00. The summed E-state index contributed by atoms with van der Waals surface area (Å²) in [6.07, 6.45) is -1.57. The van der Waals surface area contributed by atoms with Crippen LogP contribution in [0.25, 0.3) is 16.8 Å². The van der Waals surface area contributed by atoms with Gasteiger partial charge in [-0.15, -0.1) is 23.4 Å². The molecule has 8 nitrogen and oxygen atoms in total.